The molecule has 0 aliphatic rings. The summed E-state index contributed by atoms with van der Waals surface area (Å²) in [4.78, 5) is 23.4. The first-order chi connectivity index (χ1) is 10.9. The monoisotopic (exact) mass is 317 g/mol. The Morgan fingerprint density at radius 3 is 2.39 bits per heavy atom. The summed E-state index contributed by atoms with van der Waals surface area (Å²) in [5.41, 5.74) is -1.08. The average molecular weight is 317 g/mol. The highest BCUT2D eigenvalue weighted by Gasteiger charge is 2.23. The van der Waals surface area contributed by atoms with E-state index in [0.717, 1.165) is 11.5 Å². The summed E-state index contributed by atoms with van der Waals surface area (Å²) in [5.74, 6) is -2.17. The summed E-state index contributed by atoms with van der Waals surface area (Å²) in [5, 5.41) is 29.6. The molecule has 0 bridgehead atoms. The normalized spacial score (nSPS) is 10.8. The van der Waals surface area contributed by atoms with Crippen molar-refractivity contribution in [2.24, 2.45) is 0 Å². The minimum atomic E-state index is -0.999. The van der Waals surface area contributed by atoms with Crippen LogP contribution in [0.5, 0.6) is 23.3 Å². The van der Waals surface area contributed by atoms with Crippen LogP contribution in [0.2, 0.25) is 0 Å². The van der Waals surface area contributed by atoms with E-state index in [1.807, 2.05) is 0 Å². The maximum atomic E-state index is 12.1. The van der Waals surface area contributed by atoms with Gasteiger partial charge in [0.1, 0.15) is 17.0 Å². The van der Waals surface area contributed by atoms with E-state index >= 15 is 0 Å². The lowest BCUT2D eigenvalue weighted by Gasteiger charge is -2.13. The van der Waals surface area contributed by atoms with E-state index in [0.29, 0.717) is 0 Å². The second kappa shape index (κ2) is 5.09. The van der Waals surface area contributed by atoms with Crippen molar-refractivity contribution >= 4 is 16.9 Å². The first-order valence-electron chi connectivity index (χ1n) is 6.47. The summed E-state index contributed by atoms with van der Waals surface area (Å²) in [6.45, 7) is 1.10. The molecular formula is C15H11NO7. The molecule has 2 heterocycles. The quantitative estimate of drug-likeness (QED) is 0.485. The zero-order valence-electron chi connectivity index (χ0n) is 11.8. The number of carbonyl (C=O) groups excluding carboxylic acids is 1. The first kappa shape index (κ1) is 14.5. The van der Waals surface area contributed by atoms with Crippen LogP contribution < -0.4 is 10.4 Å². The molecule has 8 nitrogen and oxygen atoms in total. The van der Waals surface area contributed by atoms with Gasteiger partial charge < -0.3 is 24.5 Å². The van der Waals surface area contributed by atoms with Crippen molar-refractivity contribution < 1.29 is 29.3 Å². The van der Waals surface area contributed by atoms with Gasteiger partial charge in [0, 0.05) is 30.5 Å². The number of benzene rings is 1. The fourth-order valence-corrected chi connectivity index (χ4v) is 2.26. The van der Waals surface area contributed by atoms with Crippen molar-refractivity contribution in [1.82, 2.24) is 4.57 Å². The van der Waals surface area contributed by atoms with Gasteiger partial charge in [-0.25, -0.2) is 9.36 Å². The molecule has 0 saturated heterocycles. The summed E-state index contributed by atoms with van der Waals surface area (Å²) in [6, 6.07) is 6.31. The van der Waals surface area contributed by atoms with Crippen LogP contribution in [0.25, 0.3) is 16.7 Å². The fraction of sp³-hybridized carbons (Fsp3) is 0.0667. The average Bonchev–Trinajstić information content (AvgIpc) is 2.79. The largest absolute Gasteiger partial charge is 0.508 e. The van der Waals surface area contributed by atoms with E-state index in [-0.39, 0.29) is 34.2 Å². The molecule has 0 aliphatic carbocycles. The Morgan fingerprint density at radius 1 is 1.13 bits per heavy atom. The van der Waals surface area contributed by atoms with Crippen molar-refractivity contribution in [3.63, 3.8) is 0 Å². The molecule has 3 aromatic rings. The molecule has 0 aliphatic heterocycles. The maximum absolute atomic E-state index is 12.1. The van der Waals surface area contributed by atoms with Crippen LogP contribution in [-0.2, 0) is 4.79 Å². The van der Waals surface area contributed by atoms with E-state index in [2.05, 4.69) is 0 Å². The molecule has 0 saturated carbocycles. The molecule has 0 atom stereocenters. The maximum Gasteiger partial charge on any atom is 0.382 e. The zero-order valence-corrected chi connectivity index (χ0v) is 11.8. The zero-order chi connectivity index (χ0) is 16.7. The van der Waals surface area contributed by atoms with E-state index in [1.165, 1.54) is 30.3 Å². The van der Waals surface area contributed by atoms with Gasteiger partial charge in [0.25, 0.3) is 0 Å². The molecule has 0 unspecified atom stereocenters. The second-order valence-corrected chi connectivity index (χ2v) is 4.73. The molecule has 0 radical (unpaired) electrons. The third-order valence-corrected chi connectivity index (χ3v) is 3.13. The number of aromatic nitrogens is 1. The van der Waals surface area contributed by atoms with Crippen molar-refractivity contribution in [3.05, 3.63) is 40.8 Å². The Balaban J connectivity index is 2.49. The lowest BCUT2D eigenvalue weighted by Crippen LogP contribution is -2.15. The topological polar surface area (TPSA) is 122 Å². The van der Waals surface area contributed by atoms with Gasteiger partial charge in [0.05, 0.1) is 0 Å². The molecular weight excluding hydrogens is 306 g/mol. The van der Waals surface area contributed by atoms with Gasteiger partial charge in [-0.05, 0) is 12.1 Å². The summed E-state index contributed by atoms with van der Waals surface area (Å²) < 4.78 is 10.8. The van der Waals surface area contributed by atoms with Crippen molar-refractivity contribution in [3.8, 4) is 28.9 Å². The van der Waals surface area contributed by atoms with Gasteiger partial charge in [-0.2, -0.15) is 0 Å². The number of carbonyl (C=O) groups is 1. The molecule has 118 valence electrons. The number of phenolic OH excluding ortho intramolecular Hbond substituents is 1. The highest BCUT2D eigenvalue weighted by molar-refractivity contribution is 5.90. The molecule has 0 amide bonds. The Bertz CT molecular complexity index is 964. The van der Waals surface area contributed by atoms with E-state index < -0.39 is 17.3 Å². The van der Waals surface area contributed by atoms with Gasteiger partial charge in [0.15, 0.2) is 11.8 Å². The Hall–Kier alpha value is -3.42. The molecule has 1 aromatic carbocycles. The van der Waals surface area contributed by atoms with E-state index in [4.69, 9.17) is 9.15 Å². The molecule has 23 heavy (non-hydrogen) atoms. The number of hydrogen-bond donors (Lipinski definition) is 3. The Morgan fingerprint density at radius 2 is 1.78 bits per heavy atom. The SMILES string of the molecule is CC(=O)Oc1c(-n2c(O)ccc2O)c2ccc(O)cc2oc1=O. The fourth-order valence-electron chi connectivity index (χ4n) is 2.26. The van der Waals surface area contributed by atoms with Crippen LogP contribution in [0.15, 0.2) is 39.5 Å². The van der Waals surface area contributed by atoms with Crippen LogP contribution in [-0.4, -0.2) is 25.9 Å². The molecule has 0 fully saturated rings. The van der Waals surface area contributed by atoms with Crippen molar-refractivity contribution in [2.75, 3.05) is 0 Å². The molecule has 0 spiro atoms. The third kappa shape index (κ3) is 2.35. The number of ether oxygens (including phenoxy) is 1. The first-order valence-corrected chi connectivity index (χ1v) is 6.47. The number of esters is 1. The van der Waals surface area contributed by atoms with Gasteiger partial charge in [0.2, 0.25) is 5.75 Å². The minimum absolute atomic E-state index is 0.00611. The Labute approximate surface area is 128 Å². The predicted octanol–water partition coefficient (Wildman–Crippen LogP) is 1.63. The van der Waals surface area contributed by atoms with Gasteiger partial charge >= 0.3 is 11.6 Å². The number of fused-ring (bicyclic) bond motifs is 1. The van der Waals surface area contributed by atoms with Crippen LogP contribution in [0.3, 0.4) is 0 Å². The number of nitrogens with zero attached hydrogens (tertiary/aromatic N) is 1. The van der Waals surface area contributed by atoms with Crippen LogP contribution in [0, 0.1) is 0 Å². The number of hydrogen-bond acceptors (Lipinski definition) is 7. The highest BCUT2D eigenvalue weighted by atomic mass is 16.5. The summed E-state index contributed by atoms with van der Waals surface area (Å²) in [7, 11) is 0. The van der Waals surface area contributed by atoms with Crippen LogP contribution in [0.1, 0.15) is 6.92 Å². The lowest BCUT2D eigenvalue weighted by molar-refractivity contribution is -0.132. The van der Waals surface area contributed by atoms with Crippen molar-refractivity contribution in [2.45, 2.75) is 6.92 Å². The van der Waals surface area contributed by atoms with Crippen LogP contribution >= 0.6 is 0 Å². The molecule has 2 aromatic heterocycles. The molecule has 8 heteroatoms. The highest BCUT2D eigenvalue weighted by Crippen LogP contribution is 2.36. The van der Waals surface area contributed by atoms with E-state index in [1.54, 1.807) is 0 Å². The number of aromatic hydroxyl groups is 3. The van der Waals surface area contributed by atoms with Gasteiger partial charge in [-0.3, -0.25) is 4.79 Å². The van der Waals surface area contributed by atoms with Crippen molar-refractivity contribution in [1.29, 1.82) is 0 Å². The molecule has 3 N–H and O–H groups in total. The lowest BCUT2D eigenvalue weighted by atomic mass is 10.2. The standard InChI is InChI=1S/C15H11NO7/c1-7(17)22-14-13(16-11(19)4-5-12(16)20)9-3-2-8(18)6-10(9)23-15(14)21/h2-6,18-20H,1H3. The van der Waals surface area contributed by atoms with Gasteiger partial charge in [-0.1, -0.05) is 0 Å². The summed E-state index contributed by atoms with van der Waals surface area (Å²) >= 11 is 0. The number of phenols is 1. The third-order valence-electron chi connectivity index (χ3n) is 3.13. The predicted molar refractivity (Wildman–Crippen MR) is 78.1 cm³/mol. The smallest absolute Gasteiger partial charge is 0.382 e. The van der Waals surface area contributed by atoms with Crippen LogP contribution in [0.4, 0.5) is 0 Å². The number of rotatable bonds is 2. The summed E-state index contributed by atoms with van der Waals surface area (Å²) in [6.07, 6.45) is 0. The molecule has 3 rings (SSSR count). The second-order valence-electron chi connectivity index (χ2n) is 4.73. The minimum Gasteiger partial charge on any atom is -0.508 e. The Kier molecular flexibility index (Phi) is 3.21. The van der Waals surface area contributed by atoms with Gasteiger partial charge in [-0.15, -0.1) is 0 Å². The van der Waals surface area contributed by atoms with E-state index in [9.17, 15) is 24.9 Å².